The van der Waals surface area contributed by atoms with Crippen molar-refractivity contribution in [3.05, 3.63) is 60.5 Å². The Morgan fingerprint density at radius 2 is 1.59 bits per heavy atom. The van der Waals surface area contributed by atoms with Gasteiger partial charge in [-0.25, -0.2) is 4.39 Å². The Balaban J connectivity index is 1.86. The summed E-state index contributed by atoms with van der Waals surface area (Å²) in [4.78, 5) is 0. The molecule has 0 aliphatic heterocycles. The van der Waals surface area contributed by atoms with Crippen LogP contribution >= 0.6 is 0 Å². The minimum absolute atomic E-state index is 0.182. The van der Waals surface area contributed by atoms with E-state index in [0.29, 0.717) is 11.5 Å². The van der Waals surface area contributed by atoms with Crippen LogP contribution in [0.1, 0.15) is 0 Å². The third-order valence-corrected chi connectivity index (χ3v) is 3.66. The van der Waals surface area contributed by atoms with Gasteiger partial charge in [0.25, 0.3) is 5.89 Å². The first kappa shape index (κ1) is 12.8. The van der Waals surface area contributed by atoms with Crippen LogP contribution in [-0.4, -0.2) is 14.8 Å². The highest BCUT2D eigenvalue weighted by Crippen LogP contribution is 2.31. The fourth-order valence-corrected chi connectivity index (χ4v) is 2.59. The summed E-state index contributed by atoms with van der Waals surface area (Å²) < 4.78 is 21.5. The van der Waals surface area contributed by atoms with Gasteiger partial charge in [-0.15, -0.1) is 10.2 Å². The maximum Gasteiger partial charge on any atom is 0.251 e. The predicted molar refractivity (Wildman–Crippen MR) is 81.6 cm³/mol. The van der Waals surface area contributed by atoms with Crippen molar-refractivity contribution in [3.8, 4) is 22.9 Å². The molecule has 4 rings (SSSR count). The van der Waals surface area contributed by atoms with E-state index < -0.39 is 0 Å². The average Bonchev–Trinajstić information content (AvgIpc) is 3.13. The summed E-state index contributed by atoms with van der Waals surface area (Å²) in [6.07, 6.45) is 1.93. The van der Waals surface area contributed by atoms with E-state index in [1.165, 1.54) is 6.07 Å². The lowest BCUT2D eigenvalue weighted by Gasteiger charge is -1.95. The molecular weight excluding hydrogens is 281 g/mol. The van der Waals surface area contributed by atoms with E-state index in [1.54, 1.807) is 18.2 Å². The molecule has 0 aliphatic rings. The number of rotatable bonds is 2. The number of para-hydroxylation sites is 1. The van der Waals surface area contributed by atoms with Gasteiger partial charge in [0, 0.05) is 24.1 Å². The summed E-state index contributed by atoms with van der Waals surface area (Å²) in [6, 6.07) is 14.3. The molecule has 0 fully saturated rings. The minimum atomic E-state index is -0.379. The van der Waals surface area contributed by atoms with E-state index in [-0.39, 0.29) is 11.7 Å². The van der Waals surface area contributed by atoms with Crippen molar-refractivity contribution < 1.29 is 8.81 Å². The first-order valence-electron chi connectivity index (χ1n) is 6.87. The summed E-state index contributed by atoms with van der Waals surface area (Å²) in [7, 11) is 1.96. The molecule has 108 valence electrons. The third kappa shape index (κ3) is 1.90. The quantitative estimate of drug-likeness (QED) is 0.560. The van der Waals surface area contributed by atoms with Crippen molar-refractivity contribution in [2.24, 2.45) is 7.05 Å². The summed E-state index contributed by atoms with van der Waals surface area (Å²) in [5.41, 5.74) is 2.22. The highest BCUT2D eigenvalue weighted by atomic mass is 19.1. The zero-order valence-corrected chi connectivity index (χ0v) is 11.8. The molecule has 2 aromatic heterocycles. The highest BCUT2D eigenvalue weighted by Gasteiger charge is 2.17. The molecule has 4 nitrogen and oxygen atoms in total. The summed E-state index contributed by atoms with van der Waals surface area (Å²) in [5, 5.41) is 9.07. The van der Waals surface area contributed by atoms with Crippen LogP contribution in [0, 0.1) is 5.82 Å². The van der Waals surface area contributed by atoms with Crippen LogP contribution in [-0.2, 0) is 7.05 Å². The van der Waals surface area contributed by atoms with Crippen LogP contribution in [0.5, 0.6) is 0 Å². The molecule has 0 aliphatic carbocycles. The molecule has 4 aromatic rings. The second-order valence-electron chi connectivity index (χ2n) is 5.06. The van der Waals surface area contributed by atoms with Crippen LogP contribution in [0.25, 0.3) is 33.8 Å². The number of benzene rings is 2. The molecular formula is C17H12FN3O. The van der Waals surface area contributed by atoms with E-state index in [1.807, 2.05) is 42.1 Å². The van der Waals surface area contributed by atoms with Gasteiger partial charge in [0.1, 0.15) is 5.82 Å². The van der Waals surface area contributed by atoms with Crippen molar-refractivity contribution in [1.29, 1.82) is 0 Å². The summed E-state index contributed by atoms with van der Waals surface area (Å²) in [6.45, 7) is 0. The van der Waals surface area contributed by atoms with E-state index >= 15 is 0 Å². The predicted octanol–water partition coefficient (Wildman–Crippen LogP) is 4.03. The zero-order chi connectivity index (χ0) is 15.1. The van der Waals surface area contributed by atoms with E-state index in [9.17, 15) is 4.39 Å². The van der Waals surface area contributed by atoms with Gasteiger partial charge in [0.15, 0.2) is 0 Å². The fraction of sp³-hybridized carbons (Fsp3) is 0.0588. The Labute approximate surface area is 125 Å². The average molecular weight is 293 g/mol. The Hall–Kier alpha value is -2.95. The molecule has 0 saturated heterocycles. The van der Waals surface area contributed by atoms with E-state index in [0.717, 1.165) is 16.5 Å². The molecule has 2 heterocycles. The Morgan fingerprint density at radius 3 is 2.41 bits per heavy atom. The normalized spacial score (nSPS) is 11.2. The second-order valence-corrected chi connectivity index (χ2v) is 5.06. The van der Waals surface area contributed by atoms with E-state index in [4.69, 9.17) is 4.42 Å². The highest BCUT2D eigenvalue weighted by molar-refractivity contribution is 5.94. The standard InChI is InChI=1S/C17H12FN3O/c1-21-10-13(11-6-3-5-9-15(11)21)17-20-19-16(22-17)12-7-2-4-8-14(12)18/h2-10H,1H3. The lowest BCUT2D eigenvalue weighted by atomic mass is 10.2. The second kappa shape index (κ2) is 4.80. The van der Waals surface area contributed by atoms with Crippen molar-refractivity contribution >= 4 is 10.9 Å². The van der Waals surface area contributed by atoms with Gasteiger partial charge in [-0.2, -0.15) is 0 Å². The van der Waals surface area contributed by atoms with Gasteiger partial charge < -0.3 is 8.98 Å². The number of hydrogen-bond acceptors (Lipinski definition) is 3. The van der Waals surface area contributed by atoms with Crippen molar-refractivity contribution in [3.63, 3.8) is 0 Å². The van der Waals surface area contributed by atoms with Crippen molar-refractivity contribution in [1.82, 2.24) is 14.8 Å². The van der Waals surface area contributed by atoms with Gasteiger partial charge in [0.2, 0.25) is 5.89 Å². The monoisotopic (exact) mass is 293 g/mol. The Bertz CT molecular complexity index is 971. The number of aryl methyl sites for hydroxylation is 1. The van der Waals surface area contributed by atoms with Gasteiger partial charge in [-0.05, 0) is 18.2 Å². The van der Waals surface area contributed by atoms with Crippen molar-refractivity contribution in [2.45, 2.75) is 0 Å². The molecule has 0 N–H and O–H groups in total. The lowest BCUT2D eigenvalue weighted by molar-refractivity contribution is 0.571. The van der Waals surface area contributed by atoms with E-state index in [2.05, 4.69) is 10.2 Å². The van der Waals surface area contributed by atoms with Crippen LogP contribution in [0.4, 0.5) is 4.39 Å². The van der Waals surface area contributed by atoms with Crippen LogP contribution < -0.4 is 0 Å². The SMILES string of the molecule is Cn1cc(-c2nnc(-c3ccccc3F)o2)c2ccccc21. The number of halogens is 1. The summed E-state index contributed by atoms with van der Waals surface area (Å²) in [5.74, 6) is 0.187. The molecule has 5 heteroatoms. The smallest absolute Gasteiger partial charge is 0.251 e. The first-order valence-corrected chi connectivity index (χ1v) is 6.87. The number of hydrogen-bond donors (Lipinski definition) is 0. The molecule has 2 aromatic carbocycles. The van der Waals surface area contributed by atoms with Gasteiger partial charge >= 0.3 is 0 Å². The first-order chi connectivity index (χ1) is 10.7. The molecule has 0 unspecified atom stereocenters. The molecule has 0 bridgehead atoms. The largest absolute Gasteiger partial charge is 0.416 e. The molecule has 22 heavy (non-hydrogen) atoms. The summed E-state index contributed by atoms with van der Waals surface area (Å²) >= 11 is 0. The Kier molecular flexibility index (Phi) is 2.79. The molecule has 0 spiro atoms. The van der Waals surface area contributed by atoms with Crippen LogP contribution in [0.2, 0.25) is 0 Å². The number of fused-ring (bicyclic) bond motifs is 1. The maximum absolute atomic E-state index is 13.8. The number of aromatic nitrogens is 3. The molecule has 0 amide bonds. The minimum Gasteiger partial charge on any atom is -0.416 e. The number of nitrogens with zero attached hydrogens (tertiary/aromatic N) is 3. The van der Waals surface area contributed by atoms with Gasteiger partial charge in [-0.1, -0.05) is 30.3 Å². The van der Waals surface area contributed by atoms with Crippen LogP contribution in [0.3, 0.4) is 0 Å². The fourth-order valence-electron chi connectivity index (χ4n) is 2.59. The topological polar surface area (TPSA) is 43.9 Å². The molecule has 0 radical (unpaired) electrons. The zero-order valence-electron chi connectivity index (χ0n) is 11.8. The van der Waals surface area contributed by atoms with Gasteiger partial charge in [0.05, 0.1) is 11.1 Å². The molecule has 0 saturated carbocycles. The Morgan fingerprint density at radius 1 is 0.909 bits per heavy atom. The van der Waals surface area contributed by atoms with Gasteiger partial charge in [-0.3, -0.25) is 0 Å². The maximum atomic E-state index is 13.8. The lowest BCUT2D eigenvalue weighted by Crippen LogP contribution is -1.82. The van der Waals surface area contributed by atoms with Crippen molar-refractivity contribution in [2.75, 3.05) is 0 Å². The molecule has 0 atom stereocenters. The third-order valence-electron chi connectivity index (χ3n) is 3.66. The van der Waals surface area contributed by atoms with Crippen LogP contribution in [0.15, 0.2) is 59.1 Å².